The molecule has 0 radical (unpaired) electrons. The Labute approximate surface area is 160 Å². The summed E-state index contributed by atoms with van der Waals surface area (Å²) < 4.78 is 42.5. The Hall–Kier alpha value is -1.71. The number of benzene rings is 1. The highest BCUT2D eigenvalue weighted by Gasteiger charge is 2.29. The normalized spacial score (nSPS) is 16.5. The average molecular weight is 444 g/mol. The average Bonchev–Trinajstić information content (AvgIpc) is 2.80. The molecule has 1 fully saturated rings. The van der Waals surface area contributed by atoms with Crippen LogP contribution >= 0.6 is 15.9 Å². The van der Waals surface area contributed by atoms with Crippen LogP contribution in [-0.4, -0.2) is 54.3 Å². The van der Waals surface area contributed by atoms with E-state index in [-0.39, 0.29) is 17.3 Å². The predicted octanol–water partition coefficient (Wildman–Crippen LogP) is 2.46. The van der Waals surface area contributed by atoms with Crippen molar-refractivity contribution in [3.05, 3.63) is 52.5 Å². The molecule has 1 saturated heterocycles. The van der Waals surface area contributed by atoms with Crippen LogP contribution < -0.4 is 0 Å². The van der Waals surface area contributed by atoms with Crippen LogP contribution in [0.5, 0.6) is 0 Å². The van der Waals surface area contributed by atoms with Crippen molar-refractivity contribution in [2.24, 2.45) is 7.05 Å². The second kappa shape index (κ2) is 7.50. The molecule has 9 heteroatoms. The van der Waals surface area contributed by atoms with Gasteiger partial charge in [0.1, 0.15) is 11.5 Å². The minimum absolute atomic E-state index is 0.0602. The molecule has 1 aromatic heterocycles. The van der Waals surface area contributed by atoms with Crippen LogP contribution in [0.3, 0.4) is 0 Å². The van der Waals surface area contributed by atoms with Gasteiger partial charge in [-0.05, 0) is 52.7 Å². The monoisotopic (exact) mass is 443 g/mol. The number of hydrogen-bond acceptors (Lipinski definition) is 3. The molecule has 0 atom stereocenters. The number of aryl methyl sites for hydroxylation is 1. The van der Waals surface area contributed by atoms with Gasteiger partial charge in [0.05, 0.1) is 4.90 Å². The predicted molar refractivity (Wildman–Crippen MR) is 98.8 cm³/mol. The van der Waals surface area contributed by atoms with Crippen LogP contribution in [0.15, 0.2) is 45.9 Å². The van der Waals surface area contributed by atoms with Crippen molar-refractivity contribution < 1.29 is 17.6 Å². The minimum Gasteiger partial charge on any atom is -0.345 e. The van der Waals surface area contributed by atoms with Crippen molar-refractivity contribution in [3.63, 3.8) is 0 Å². The maximum atomic E-state index is 13.1. The van der Waals surface area contributed by atoms with Gasteiger partial charge in [0.15, 0.2) is 0 Å². The van der Waals surface area contributed by atoms with E-state index in [0.717, 1.165) is 16.6 Å². The minimum atomic E-state index is -3.70. The van der Waals surface area contributed by atoms with Crippen LogP contribution in [0, 0.1) is 5.82 Å². The first-order valence-electron chi connectivity index (χ1n) is 8.16. The first kappa shape index (κ1) is 19.1. The van der Waals surface area contributed by atoms with Crippen molar-refractivity contribution in [2.75, 3.05) is 26.2 Å². The number of carbonyl (C=O) groups excluding carboxylic acids is 1. The van der Waals surface area contributed by atoms with Crippen molar-refractivity contribution >= 4 is 31.9 Å². The number of rotatable bonds is 3. The molecule has 6 nitrogen and oxygen atoms in total. The fourth-order valence-electron chi connectivity index (χ4n) is 2.99. The van der Waals surface area contributed by atoms with E-state index in [9.17, 15) is 17.6 Å². The molecule has 3 rings (SSSR count). The van der Waals surface area contributed by atoms with Gasteiger partial charge < -0.3 is 9.47 Å². The van der Waals surface area contributed by atoms with E-state index in [0.29, 0.717) is 31.7 Å². The van der Waals surface area contributed by atoms with E-state index in [4.69, 9.17) is 0 Å². The fourth-order valence-corrected chi connectivity index (χ4v) is 4.99. The molecule has 26 heavy (non-hydrogen) atoms. The molecule has 0 N–H and O–H groups in total. The third-order valence-electron chi connectivity index (χ3n) is 4.38. The van der Waals surface area contributed by atoms with Crippen LogP contribution in [0.1, 0.15) is 16.9 Å². The van der Waals surface area contributed by atoms with Crippen LogP contribution in [-0.2, 0) is 17.1 Å². The van der Waals surface area contributed by atoms with E-state index in [1.807, 2.05) is 0 Å². The summed E-state index contributed by atoms with van der Waals surface area (Å²) in [4.78, 5) is 14.5. The standard InChI is InChI=1S/C17H19BrFN3O3S/c1-20-12-13(18)11-16(20)17(23)21-7-2-8-22(10-9-21)26(24,25)15-5-3-14(19)4-6-15/h3-6,11-12H,2,7-10H2,1H3. The maximum absolute atomic E-state index is 13.1. The molecule has 0 saturated carbocycles. The number of hydrogen-bond donors (Lipinski definition) is 0. The molecule has 1 amide bonds. The lowest BCUT2D eigenvalue weighted by molar-refractivity contribution is 0.0754. The van der Waals surface area contributed by atoms with Crippen molar-refractivity contribution in [2.45, 2.75) is 11.3 Å². The zero-order chi connectivity index (χ0) is 18.9. The quantitative estimate of drug-likeness (QED) is 0.731. The molecule has 0 spiro atoms. The highest BCUT2D eigenvalue weighted by atomic mass is 79.9. The van der Waals surface area contributed by atoms with Gasteiger partial charge in [-0.15, -0.1) is 0 Å². The highest BCUT2D eigenvalue weighted by Crippen LogP contribution is 2.20. The zero-order valence-corrected chi connectivity index (χ0v) is 16.6. The smallest absolute Gasteiger partial charge is 0.270 e. The van der Waals surface area contributed by atoms with Crippen LogP contribution in [0.4, 0.5) is 4.39 Å². The molecule has 2 aromatic rings. The van der Waals surface area contributed by atoms with Crippen LogP contribution in [0.25, 0.3) is 0 Å². The van der Waals surface area contributed by atoms with E-state index < -0.39 is 15.8 Å². The van der Waals surface area contributed by atoms with Gasteiger partial charge in [0, 0.05) is 43.9 Å². The largest absolute Gasteiger partial charge is 0.345 e. The summed E-state index contributed by atoms with van der Waals surface area (Å²) in [5.74, 6) is -0.607. The summed E-state index contributed by atoms with van der Waals surface area (Å²) in [5.41, 5.74) is 0.548. The molecular formula is C17H19BrFN3O3S. The number of carbonyl (C=O) groups is 1. The lowest BCUT2D eigenvalue weighted by Crippen LogP contribution is -2.37. The van der Waals surface area contributed by atoms with E-state index in [1.54, 1.807) is 28.8 Å². The topological polar surface area (TPSA) is 62.6 Å². The van der Waals surface area contributed by atoms with E-state index in [2.05, 4.69) is 15.9 Å². The zero-order valence-electron chi connectivity index (χ0n) is 14.2. The van der Waals surface area contributed by atoms with Gasteiger partial charge in [-0.25, -0.2) is 12.8 Å². The van der Waals surface area contributed by atoms with Gasteiger partial charge in [0.25, 0.3) is 5.91 Å². The Balaban J connectivity index is 1.74. The van der Waals surface area contributed by atoms with Crippen molar-refractivity contribution in [1.29, 1.82) is 0 Å². The van der Waals surface area contributed by atoms with Gasteiger partial charge >= 0.3 is 0 Å². The summed E-state index contributed by atoms with van der Waals surface area (Å²) in [5, 5.41) is 0. The number of halogens is 2. The van der Waals surface area contributed by atoms with Crippen LogP contribution in [0.2, 0.25) is 0 Å². The molecule has 1 aromatic carbocycles. The Morgan fingerprint density at radius 3 is 2.42 bits per heavy atom. The Kier molecular flexibility index (Phi) is 5.50. The van der Waals surface area contributed by atoms with E-state index in [1.165, 1.54) is 16.4 Å². The molecule has 1 aliphatic rings. The lowest BCUT2D eigenvalue weighted by atomic mass is 10.3. The Morgan fingerprint density at radius 2 is 1.81 bits per heavy atom. The first-order valence-corrected chi connectivity index (χ1v) is 10.4. The first-order chi connectivity index (χ1) is 12.3. The van der Waals surface area contributed by atoms with E-state index >= 15 is 0 Å². The summed E-state index contributed by atoms with van der Waals surface area (Å²) in [6, 6.07) is 6.54. The number of aromatic nitrogens is 1. The number of sulfonamides is 1. The second-order valence-electron chi connectivity index (χ2n) is 6.16. The third kappa shape index (κ3) is 3.84. The summed E-state index contributed by atoms with van der Waals surface area (Å²) in [6.07, 6.45) is 2.34. The fraction of sp³-hybridized carbons (Fsp3) is 0.353. The molecule has 0 unspecified atom stereocenters. The molecule has 1 aliphatic heterocycles. The van der Waals surface area contributed by atoms with Gasteiger partial charge in [-0.1, -0.05) is 0 Å². The summed E-state index contributed by atoms with van der Waals surface area (Å²) in [7, 11) is -1.91. The summed E-state index contributed by atoms with van der Waals surface area (Å²) >= 11 is 3.35. The molecule has 0 bridgehead atoms. The van der Waals surface area contributed by atoms with Gasteiger partial charge in [0.2, 0.25) is 10.0 Å². The highest BCUT2D eigenvalue weighted by molar-refractivity contribution is 9.10. The third-order valence-corrected chi connectivity index (χ3v) is 6.73. The molecule has 0 aliphatic carbocycles. The molecule has 2 heterocycles. The second-order valence-corrected chi connectivity index (χ2v) is 9.01. The van der Waals surface area contributed by atoms with Gasteiger partial charge in [-0.3, -0.25) is 4.79 Å². The van der Waals surface area contributed by atoms with Gasteiger partial charge in [-0.2, -0.15) is 4.31 Å². The number of amides is 1. The lowest BCUT2D eigenvalue weighted by Gasteiger charge is -2.22. The molecule has 140 valence electrons. The maximum Gasteiger partial charge on any atom is 0.270 e. The summed E-state index contributed by atoms with van der Waals surface area (Å²) in [6.45, 7) is 1.32. The van der Waals surface area contributed by atoms with Crippen molar-refractivity contribution in [1.82, 2.24) is 13.8 Å². The Bertz CT molecular complexity index is 912. The van der Waals surface area contributed by atoms with Crippen molar-refractivity contribution in [3.8, 4) is 0 Å². The number of nitrogens with zero attached hydrogens (tertiary/aromatic N) is 3. The SMILES string of the molecule is Cn1cc(Br)cc1C(=O)N1CCCN(S(=O)(=O)c2ccc(F)cc2)CC1. The molecular weight excluding hydrogens is 425 g/mol. The Morgan fingerprint density at radius 1 is 1.12 bits per heavy atom.